The van der Waals surface area contributed by atoms with Gasteiger partial charge in [-0.1, -0.05) is 221 Å². The number of benzene rings is 8. The molecule has 4 radical (unpaired) electrons. The van der Waals surface area contributed by atoms with E-state index in [1.807, 2.05) is 73.3 Å². The van der Waals surface area contributed by atoms with Crippen LogP contribution in [-0.2, 0) is 86.8 Å². The standard InChI is InChI=1S/C19H24NSi.C18H24NSi.C17H22NSi.C16H20NSi.4C11H8N.4Ir/c1-21(2,3)19-14-20-18(16-11-5-4-6-12-16)13-17(19)15-9-7-8-10-15;1-6-14(2)16-12-17(15-10-8-7-9-11-15)19-13-18(16)20(3,4)5;1-13(2)15-11-16(14-9-7-6-8-10-14)18-12-17(15)19(3,4)5;1-5-13-11-15(14-9-7-6-8-10-14)17-12-16(13)18(2,3)4;4*1-2-6-10(7-3-1)11-8-4-5-9-12-11;;;;/h4-6,11,13-15H,7-10H2,1-3H3;7-10,12-14H,6H2,1-5H3;6-9,11-13H,1-5H3;6-9,11-12H,5H2,1-4H3;4*1-6,8-9H;;;;/q8*-1;;;;/i4D,5D,6D;7D,8D,9D;2*6D,7D,8D;3*1D,2D,3D,4D,5D,6D,8D,9D;;;;;. The molecule has 0 aliphatic heterocycles. The van der Waals surface area contributed by atoms with Gasteiger partial charge in [-0.15, -0.1) is 287 Å². The normalized spacial score (nSPS) is 15.5. The molecule has 1 atom stereocenters. The monoisotopic (exact) mass is 2520 g/mol. The first-order chi connectivity index (χ1) is 75.5. The van der Waals surface area contributed by atoms with Gasteiger partial charge < -0.3 is 39.9 Å². The van der Waals surface area contributed by atoms with Crippen LogP contribution >= 0.6 is 0 Å². The number of nitrogens with zero attached hydrogens (tertiary/aromatic N) is 8. The summed E-state index contributed by atoms with van der Waals surface area (Å²) in [6.07, 6.45) is 15.2. The van der Waals surface area contributed by atoms with Crippen molar-refractivity contribution in [3.8, 4) is 90.1 Å². The van der Waals surface area contributed by atoms with Crippen LogP contribution in [0.15, 0.2) is 340 Å². The van der Waals surface area contributed by atoms with E-state index in [1.54, 1.807) is 30.5 Å². The van der Waals surface area contributed by atoms with Gasteiger partial charge in [0, 0.05) is 149 Å². The molecule has 1 aliphatic rings. The minimum Gasteiger partial charge on any atom is -0.305 e. The number of hydrogen-bond donors (Lipinski definition) is 0. The summed E-state index contributed by atoms with van der Waals surface area (Å²) in [6, 6.07) is 39.9. The Morgan fingerprint density at radius 1 is 0.323 bits per heavy atom. The van der Waals surface area contributed by atoms with Crippen molar-refractivity contribution in [3.05, 3.63) is 411 Å². The quantitative estimate of drug-likeness (QED) is 0.0656. The van der Waals surface area contributed by atoms with Crippen LogP contribution in [0.3, 0.4) is 0 Å². The Morgan fingerprint density at radius 2 is 0.669 bits per heavy atom. The second-order valence-electron chi connectivity index (χ2n) is 33.1. The molecule has 8 aromatic carbocycles. The average Bonchev–Trinajstić information content (AvgIpc) is 1.60. The molecule has 1 fully saturated rings. The molecular formula is C114H122Ir4N8Si4-8. The van der Waals surface area contributed by atoms with Gasteiger partial charge in [-0.3, -0.25) is 0 Å². The van der Waals surface area contributed by atoms with Gasteiger partial charge in [0.1, 0.15) is 0 Å². The van der Waals surface area contributed by atoms with Gasteiger partial charge in [0.2, 0.25) is 0 Å². The second kappa shape index (κ2) is 55.7. The van der Waals surface area contributed by atoms with Gasteiger partial charge in [-0.2, -0.15) is 0 Å². The summed E-state index contributed by atoms with van der Waals surface area (Å²) in [4.78, 5) is 33.5. The Balaban J connectivity index is 0.000000288. The van der Waals surface area contributed by atoms with Gasteiger partial charge in [0.25, 0.3) is 0 Å². The smallest absolute Gasteiger partial charge is 0.0830 e. The average molecular weight is 2520 g/mol. The fourth-order valence-corrected chi connectivity index (χ4v) is 19.5. The predicted molar refractivity (Wildman–Crippen MR) is 543 cm³/mol. The first kappa shape index (κ1) is 65.9. The maximum Gasteiger partial charge on any atom is 0.0830 e. The molecule has 8 nitrogen and oxygen atoms in total. The fourth-order valence-electron chi connectivity index (χ4n) is 12.9. The summed E-state index contributed by atoms with van der Waals surface area (Å²) in [5.74, 6) is 1.44. The van der Waals surface area contributed by atoms with Crippen LogP contribution < -0.4 is 20.7 Å². The third-order valence-corrected chi connectivity index (χ3v) is 27.7. The number of hydrogen-bond acceptors (Lipinski definition) is 8. The van der Waals surface area contributed by atoms with E-state index in [1.165, 1.54) is 68.7 Å². The van der Waals surface area contributed by atoms with Crippen LogP contribution in [0.1, 0.15) is 156 Å². The van der Waals surface area contributed by atoms with E-state index in [0.717, 1.165) is 46.9 Å². The van der Waals surface area contributed by atoms with Crippen molar-refractivity contribution < 1.29 is 130 Å². The fraction of sp³-hybridized carbons (Fsp3) is 0.228. The molecule has 1 unspecified atom stereocenters. The zero-order chi connectivity index (χ0) is 121. The molecule has 0 spiro atoms. The number of pyridine rings is 8. The molecule has 0 bridgehead atoms. The summed E-state index contributed by atoms with van der Waals surface area (Å²) in [5.41, 5.74) is 11.5. The predicted octanol–water partition coefficient (Wildman–Crippen LogP) is 27.4. The van der Waals surface area contributed by atoms with Crippen molar-refractivity contribution in [1.82, 2.24) is 39.9 Å². The Hall–Kier alpha value is -9.58. The van der Waals surface area contributed by atoms with Crippen LogP contribution in [0, 0.1) is 48.5 Å². The van der Waals surface area contributed by atoms with Crippen molar-refractivity contribution >= 4 is 53.0 Å². The van der Waals surface area contributed by atoms with Crippen molar-refractivity contribution in [2.45, 2.75) is 169 Å². The van der Waals surface area contributed by atoms with Crippen LogP contribution in [0.25, 0.3) is 90.1 Å². The van der Waals surface area contributed by atoms with E-state index in [9.17, 15) is 0 Å². The van der Waals surface area contributed by atoms with E-state index in [2.05, 4.69) is 220 Å². The van der Waals surface area contributed by atoms with Crippen LogP contribution in [-0.4, -0.2) is 72.2 Å². The van der Waals surface area contributed by atoms with Crippen molar-refractivity contribution in [3.63, 3.8) is 0 Å². The minimum absolute atomic E-state index is 0. The van der Waals surface area contributed by atoms with Gasteiger partial charge in [-0.05, 0) is 148 Å². The van der Waals surface area contributed by atoms with E-state index >= 15 is 0 Å². The maximum absolute atomic E-state index is 7.86. The molecule has 130 heavy (non-hydrogen) atoms. The molecule has 1 saturated carbocycles. The first-order valence-corrected chi connectivity index (χ1v) is 55.2. The van der Waals surface area contributed by atoms with Crippen LogP contribution in [0.5, 0.6) is 0 Å². The van der Waals surface area contributed by atoms with E-state index in [4.69, 9.17) is 49.3 Å². The van der Waals surface area contributed by atoms with E-state index in [0.29, 0.717) is 40.0 Å². The summed E-state index contributed by atoms with van der Waals surface area (Å²) in [5, 5.41) is 5.49. The zero-order valence-electron chi connectivity index (χ0n) is 111. The molecule has 678 valence electrons. The van der Waals surface area contributed by atoms with Gasteiger partial charge in [0.15, 0.2) is 0 Å². The topological polar surface area (TPSA) is 103 Å². The largest absolute Gasteiger partial charge is 0.305 e. The Bertz CT molecular complexity index is 7590. The van der Waals surface area contributed by atoms with Gasteiger partial charge in [-0.25, -0.2) is 0 Å². The molecule has 8 heterocycles. The first-order valence-electron chi connectivity index (χ1n) is 59.2. The molecule has 0 N–H and O–H groups in total. The maximum atomic E-state index is 7.86. The Labute approximate surface area is 887 Å². The van der Waals surface area contributed by atoms with Crippen LogP contribution in [0.2, 0.25) is 78.6 Å². The molecule has 1 aliphatic carbocycles. The second-order valence-corrected chi connectivity index (χ2v) is 53.3. The summed E-state index contributed by atoms with van der Waals surface area (Å²) >= 11 is 0. The van der Waals surface area contributed by atoms with Crippen molar-refractivity contribution in [1.29, 1.82) is 0 Å². The molecule has 16 heteroatoms. The molecular weight excluding hydrogens is 2360 g/mol. The molecule has 16 aromatic rings. The SMILES string of the molecule is [2H]c1[c-]c(-c2cc(C(C)C)c([Si](C)(C)C)cn2)cc([2H])c1[2H].[2H]c1[c-]c(-c2cc(C(C)CC)c([Si](C)(C)C)cn2)cc([2H])c1[2H].[2H]c1[c-]c(-c2cc(C3CCCC3)c([Si](C)(C)C)cn2)cc([2H])c1[2H].[2H]c1[c-]c(-c2cc(CC)c([Si](C)(C)C)cn2)cc([2H])c1[2H].[2H]c1[c-]c(-c2nc([2H])c([2H])c([2H])c2[2H])c([2H])c([2H])c1[2H].[2H]c1[c-]c(-c2nc([2H])c([2H])c([2H])c2[2H])c([2H])c([2H])c1[2H].[2H]c1[c-]c(-c2nc([2H])c([2H])c([2H])c2[2H])c([2H])c([2H])c1[2H].[Ir].[Ir].[Ir].[Ir].[c-]1ccccc1-c1ccccn1. The number of rotatable bonds is 17. The summed E-state index contributed by atoms with van der Waals surface area (Å²) in [6.45, 7) is 38.7. The summed E-state index contributed by atoms with van der Waals surface area (Å²) in [7, 11) is -5.87. The Morgan fingerprint density at radius 3 is 1.03 bits per heavy atom. The third-order valence-electron chi connectivity index (χ3n) is 19.5. The van der Waals surface area contributed by atoms with Crippen molar-refractivity contribution in [2.24, 2.45) is 0 Å². The Kier molecular flexibility index (Phi) is 28.2. The molecule has 8 aromatic heterocycles. The van der Waals surface area contributed by atoms with Crippen molar-refractivity contribution in [2.75, 3.05) is 0 Å². The number of aromatic nitrogens is 8. The molecule has 0 amide bonds. The molecule has 17 rings (SSSR count). The van der Waals surface area contributed by atoms with Crippen LogP contribution in [0.4, 0.5) is 0 Å². The summed E-state index contributed by atoms with van der Waals surface area (Å²) < 4.78 is 274. The van der Waals surface area contributed by atoms with E-state index in [-0.39, 0.29) is 187 Å². The van der Waals surface area contributed by atoms with Gasteiger partial charge >= 0.3 is 0 Å². The zero-order valence-corrected chi connectivity index (χ0v) is 89.0. The minimum atomic E-state index is -1.49. The number of aryl methyl sites for hydroxylation is 1. The van der Waals surface area contributed by atoms with Gasteiger partial charge in [0.05, 0.1) is 48.7 Å². The van der Waals surface area contributed by atoms with E-state index < -0.39 is 178 Å². The third kappa shape index (κ3) is 34.5. The molecule has 0 saturated heterocycles.